The molecule has 0 fully saturated rings. The maximum absolute atomic E-state index is 2.45. The molecule has 0 aliphatic heterocycles. The minimum atomic E-state index is 0.411. The van der Waals surface area contributed by atoms with Gasteiger partial charge in [0.05, 0.1) is 0 Å². The molecule has 0 nitrogen and oxygen atoms in total. The minimum absolute atomic E-state index is 0.411. The van der Waals surface area contributed by atoms with Gasteiger partial charge in [-0.1, -0.05) is 109 Å². The number of hydrogen-bond donors (Lipinski definition) is 0. The van der Waals surface area contributed by atoms with Gasteiger partial charge in [0, 0.05) is 11.8 Å². The van der Waals surface area contributed by atoms with Crippen LogP contribution in [0, 0.1) is 0 Å². The van der Waals surface area contributed by atoms with Crippen molar-refractivity contribution in [1.82, 2.24) is 0 Å². The Morgan fingerprint density at radius 2 is 1.04 bits per heavy atom. The summed E-state index contributed by atoms with van der Waals surface area (Å²) in [6.07, 6.45) is 9.37. The highest BCUT2D eigenvalue weighted by atomic mass is 14.2. The normalized spacial score (nSPS) is 23.3. The average molecular weight is 336 g/mol. The van der Waals surface area contributed by atoms with E-state index in [0.29, 0.717) is 11.8 Å². The summed E-state index contributed by atoms with van der Waals surface area (Å²) in [4.78, 5) is 0. The molecule has 4 rings (SSSR count). The Morgan fingerprint density at radius 1 is 0.538 bits per heavy atom. The van der Waals surface area contributed by atoms with Gasteiger partial charge in [-0.2, -0.15) is 0 Å². The summed E-state index contributed by atoms with van der Waals surface area (Å²) in [5.41, 5.74) is 5.57. The van der Waals surface area contributed by atoms with Crippen LogP contribution in [0.15, 0.2) is 109 Å². The average Bonchev–Trinajstić information content (AvgIpc) is 2.70. The molecule has 2 atom stereocenters. The molecule has 0 bridgehead atoms. The molecule has 0 heteroatoms. The van der Waals surface area contributed by atoms with E-state index in [1.165, 1.54) is 22.3 Å². The smallest absolute Gasteiger partial charge is 0.00587 e. The molecule has 0 saturated heterocycles. The van der Waals surface area contributed by atoms with E-state index in [1.54, 1.807) is 0 Å². The summed E-state index contributed by atoms with van der Waals surface area (Å²) in [5.74, 6) is 0.843. The van der Waals surface area contributed by atoms with Gasteiger partial charge in [-0.05, 0) is 35.1 Å². The van der Waals surface area contributed by atoms with Gasteiger partial charge in [0.1, 0.15) is 0 Å². The van der Waals surface area contributed by atoms with Gasteiger partial charge >= 0.3 is 0 Å². The number of benzene rings is 3. The van der Waals surface area contributed by atoms with Gasteiger partial charge in [-0.15, -0.1) is 0 Å². The second-order valence-electron chi connectivity index (χ2n) is 6.95. The van der Waals surface area contributed by atoms with Crippen LogP contribution in [-0.4, -0.2) is 0 Å². The van der Waals surface area contributed by atoms with Gasteiger partial charge in [-0.25, -0.2) is 0 Å². The summed E-state index contributed by atoms with van der Waals surface area (Å²) in [5, 5.41) is 0. The van der Waals surface area contributed by atoms with Gasteiger partial charge in [0.25, 0.3) is 0 Å². The molecule has 1 aliphatic rings. The quantitative estimate of drug-likeness (QED) is 0.452. The molecule has 128 valence electrons. The van der Waals surface area contributed by atoms with Crippen LogP contribution in [0.25, 0.3) is 5.57 Å². The summed E-state index contributed by atoms with van der Waals surface area (Å²) >= 11 is 0. The first-order valence-corrected chi connectivity index (χ1v) is 9.43. The summed E-state index contributed by atoms with van der Waals surface area (Å²) in [6, 6.07) is 32.5. The molecule has 3 aromatic rings. The van der Waals surface area contributed by atoms with E-state index in [-0.39, 0.29) is 0 Å². The van der Waals surface area contributed by atoms with Crippen LogP contribution in [-0.2, 0) is 0 Å². The van der Waals surface area contributed by atoms with Crippen molar-refractivity contribution < 1.29 is 0 Å². The third kappa shape index (κ3) is 3.86. The van der Waals surface area contributed by atoms with Crippen LogP contribution in [0.4, 0.5) is 0 Å². The maximum atomic E-state index is 2.45. The molecule has 0 unspecified atom stereocenters. The summed E-state index contributed by atoms with van der Waals surface area (Å²) < 4.78 is 0. The topological polar surface area (TPSA) is 0 Å². The lowest BCUT2D eigenvalue weighted by Crippen LogP contribution is -2.03. The lowest BCUT2D eigenvalue weighted by atomic mass is 9.83. The predicted molar refractivity (Wildman–Crippen MR) is 111 cm³/mol. The van der Waals surface area contributed by atoms with Crippen molar-refractivity contribution in [3.63, 3.8) is 0 Å². The molecule has 26 heavy (non-hydrogen) atoms. The first-order valence-electron chi connectivity index (χ1n) is 9.43. The molecule has 3 aromatic carbocycles. The van der Waals surface area contributed by atoms with E-state index in [9.17, 15) is 0 Å². The third-order valence-electron chi connectivity index (χ3n) is 5.23. The van der Waals surface area contributed by atoms with Crippen LogP contribution < -0.4 is 0 Å². The van der Waals surface area contributed by atoms with Crippen LogP contribution in [0.5, 0.6) is 0 Å². The SMILES string of the molecule is C1=C\[C@@H](c2ccccc2)C/C(c2ccccc2)=C\C[C@@H]/1c1ccccc1. The number of hydrogen-bond acceptors (Lipinski definition) is 0. The van der Waals surface area contributed by atoms with Crippen molar-refractivity contribution in [2.24, 2.45) is 0 Å². The van der Waals surface area contributed by atoms with E-state index in [2.05, 4.69) is 109 Å². The fourth-order valence-electron chi connectivity index (χ4n) is 3.77. The molecule has 0 N–H and O–H groups in total. The van der Waals surface area contributed by atoms with Crippen molar-refractivity contribution in [2.75, 3.05) is 0 Å². The van der Waals surface area contributed by atoms with Gasteiger partial charge in [0.15, 0.2) is 0 Å². The van der Waals surface area contributed by atoms with Gasteiger partial charge in [-0.3, -0.25) is 0 Å². The summed E-state index contributed by atoms with van der Waals surface area (Å²) in [7, 11) is 0. The van der Waals surface area contributed by atoms with Crippen molar-refractivity contribution in [1.29, 1.82) is 0 Å². The van der Waals surface area contributed by atoms with Crippen molar-refractivity contribution >= 4 is 5.57 Å². The molecule has 0 aromatic heterocycles. The Balaban J connectivity index is 1.72. The first kappa shape index (κ1) is 16.6. The Bertz CT molecular complexity index is 873. The predicted octanol–water partition coefficient (Wildman–Crippen LogP) is 6.99. The Morgan fingerprint density at radius 3 is 1.65 bits per heavy atom. The minimum Gasteiger partial charge on any atom is -0.0801 e. The zero-order chi connectivity index (χ0) is 17.6. The molecule has 0 spiro atoms. The van der Waals surface area contributed by atoms with Crippen LogP contribution in [0.3, 0.4) is 0 Å². The van der Waals surface area contributed by atoms with Gasteiger partial charge < -0.3 is 0 Å². The Labute approximate surface area is 156 Å². The second-order valence-corrected chi connectivity index (χ2v) is 6.95. The lowest BCUT2D eigenvalue weighted by Gasteiger charge is -2.22. The molecular formula is C26H24. The molecule has 1 aliphatic carbocycles. The monoisotopic (exact) mass is 336 g/mol. The summed E-state index contributed by atoms with van der Waals surface area (Å²) in [6.45, 7) is 0. The fraction of sp³-hybridized carbons (Fsp3) is 0.154. The van der Waals surface area contributed by atoms with Crippen molar-refractivity contribution in [3.05, 3.63) is 126 Å². The zero-order valence-corrected chi connectivity index (χ0v) is 15.0. The van der Waals surface area contributed by atoms with E-state index >= 15 is 0 Å². The zero-order valence-electron chi connectivity index (χ0n) is 15.0. The van der Waals surface area contributed by atoms with Crippen molar-refractivity contribution in [3.8, 4) is 0 Å². The van der Waals surface area contributed by atoms with Crippen LogP contribution in [0.2, 0.25) is 0 Å². The Kier molecular flexibility index (Phi) is 5.12. The van der Waals surface area contributed by atoms with E-state index < -0.39 is 0 Å². The van der Waals surface area contributed by atoms with Crippen LogP contribution >= 0.6 is 0 Å². The maximum Gasteiger partial charge on any atom is 0.00587 e. The van der Waals surface area contributed by atoms with Crippen molar-refractivity contribution in [2.45, 2.75) is 24.7 Å². The second kappa shape index (κ2) is 8.01. The lowest BCUT2D eigenvalue weighted by molar-refractivity contribution is 0.802. The molecular weight excluding hydrogens is 312 g/mol. The first-order chi connectivity index (χ1) is 12.9. The standard InChI is InChI=1S/C26H24/c1-4-10-21(11-5-1)24-16-18-25(22-12-6-2-7-13-22)20-26(19-17-24)23-14-8-3-9-15-23/h1-16,18-19,24-25H,17,20H2/b18-16-,26-19+/t24-,25-/m1/s1. The van der Waals surface area contributed by atoms with E-state index in [1.807, 2.05) is 0 Å². The van der Waals surface area contributed by atoms with E-state index in [4.69, 9.17) is 0 Å². The highest BCUT2D eigenvalue weighted by Crippen LogP contribution is 2.35. The molecule has 0 amide bonds. The van der Waals surface area contributed by atoms with Gasteiger partial charge in [0.2, 0.25) is 0 Å². The highest BCUT2D eigenvalue weighted by Gasteiger charge is 2.17. The third-order valence-corrected chi connectivity index (χ3v) is 5.23. The van der Waals surface area contributed by atoms with Crippen LogP contribution in [0.1, 0.15) is 41.4 Å². The molecule has 0 saturated carbocycles. The number of rotatable bonds is 3. The fourth-order valence-corrected chi connectivity index (χ4v) is 3.77. The van der Waals surface area contributed by atoms with E-state index in [0.717, 1.165) is 12.8 Å². The Hall–Kier alpha value is -2.86. The largest absolute Gasteiger partial charge is 0.0801 e. The molecule has 0 heterocycles. The molecule has 0 radical (unpaired) electrons. The highest BCUT2D eigenvalue weighted by molar-refractivity contribution is 5.67. The number of allylic oxidation sites excluding steroid dienone is 4.